The number of amides is 1. The molecule has 1 aromatic heterocycles. The van der Waals surface area contributed by atoms with Crippen molar-refractivity contribution in [1.82, 2.24) is 4.98 Å². The lowest BCUT2D eigenvalue weighted by Crippen LogP contribution is -2.18. The molecule has 0 bridgehead atoms. The number of hydrogen-bond acceptors (Lipinski definition) is 4. The van der Waals surface area contributed by atoms with Crippen LogP contribution in [0.4, 0.5) is 23.2 Å². The molecule has 0 saturated carbocycles. The van der Waals surface area contributed by atoms with Crippen molar-refractivity contribution in [2.45, 2.75) is 6.92 Å². The minimum Gasteiger partial charge on any atom is -0.491 e. The first kappa shape index (κ1) is 21.6. The molecule has 0 radical (unpaired) electrons. The standard InChI is InChI=1S/C22H13ClF4N2O3/c1-9-3-5-11(12(23)7-9)22-29-13-8-10(4-6-14(13)32-22)28-21(30)15-16(24)18(26)20(31-2)19(27)17(15)25/h3-8H,1-2H3,(H,28,30). The SMILES string of the molecule is COc1c(F)c(F)c(C(=O)Nc2ccc3oc(-c4ccc(C)cc4Cl)nc3c2)c(F)c1F. The zero-order chi connectivity index (χ0) is 23.2. The number of halogens is 5. The summed E-state index contributed by atoms with van der Waals surface area (Å²) < 4.78 is 66.2. The third kappa shape index (κ3) is 3.64. The van der Waals surface area contributed by atoms with Gasteiger partial charge in [0.1, 0.15) is 11.1 Å². The molecule has 0 fully saturated rings. The molecule has 0 aliphatic heterocycles. The number of methoxy groups -OCH3 is 1. The molecule has 0 spiro atoms. The van der Waals surface area contributed by atoms with Gasteiger partial charge < -0.3 is 14.5 Å². The molecule has 3 aromatic carbocycles. The van der Waals surface area contributed by atoms with Crippen LogP contribution in [0.5, 0.6) is 5.75 Å². The van der Waals surface area contributed by atoms with E-state index in [0.29, 0.717) is 21.7 Å². The van der Waals surface area contributed by atoms with Crippen LogP contribution < -0.4 is 10.1 Å². The number of nitrogens with one attached hydrogen (secondary N) is 1. The topological polar surface area (TPSA) is 64.4 Å². The molecular formula is C22H13ClF4N2O3. The Labute approximate surface area is 183 Å². The molecule has 0 aliphatic carbocycles. The van der Waals surface area contributed by atoms with Gasteiger partial charge in [0.25, 0.3) is 5.91 Å². The number of nitrogens with zero attached hydrogens (tertiary/aromatic N) is 1. The van der Waals surface area contributed by atoms with Crippen molar-refractivity contribution in [2.24, 2.45) is 0 Å². The first-order valence-electron chi connectivity index (χ1n) is 9.09. The fourth-order valence-corrected chi connectivity index (χ4v) is 3.41. The molecule has 32 heavy (non-hydrogen) atoms. The first-order chi connectivity index (χ1) is 15.2. The molecule has 0 unspecified atom stereocenters. The molecule has 164 valence electrons. The minimum absolute atomic E-state index is 0.0628. The summed E-state index contributed by atoms with van der Waals surface area (Å²) in [5, 5.41) is 2.62. The van der Waals surface area contributed by atoms with Crippen LogP contribution >= 0.6 is 11.6 Å². The number of ether oxygens (including phenoxy) is 1. The van der Waals surface area contributed by atoms with Crippen molar-refractivity contribution in [3.8, 4) is 17.2 Å². The minimum atomic E-state index is -1.88. The van der Waals surface area contributed by atoms with E-state index in [9.17, 15) is 22.4 Å². The molecule has 0 atom stereocenters. The van der Waals surface area contributed by atoms with E-state index in [0.717, 1.165) is 12.7 Å². The predicted molar refractivity (Wildman–Crippen MR) is 110 cm³/mol. The largest absolute Gasteiger partial charge is 0.491 e. The zero-order valence-electron chi connectivity index (χ0n) is 16.5. The molecule has 1 heterocycles. The average molecular weight is 465 g/mol. The molecule has 5 nitrogen and oxygen atoms in total. The quantitative estimate of drug-likeness (QED) is 0.285. The van der Waals surface area contributed by atoms with Gasteiger partial charge in [-0.15, -0.1) is 0 Å². The Kier molecular flexibility index (Phi) is 5.52. The van der Waals surface area contributed by atoms with Crippen LogP contribution in [0.2, 0.25) is 5.02 Å². The fraction of sp³-hybridized carbons (Fsp3) is 0.0909. The van der Waals surface area contributed by atoms with E-state index in [2.05, 4.69) is 15.0 Å². The first-order valence-corrected chi connectivity index (χ1v) is 9.47. The van der Waals surface area contributed by atoms with E-state index >= 15 is 0 Å². The highest BCUT2D eigenvalue weighted by Crippen LogP contribution is 2.33. The van der Waals surface area contributed by atoms with Crippen molar-refractivity contribution in [3.63, 3.8) is 0 Å². The summed E-state index contributed by atoms with van der Waals surface area (Å²) >= 11 is 6.24. The maximum Gasteiger partial charge on any atom is 0.261 e. The molecule has 4 aromatic rings. The number of benzene rings is 3. The van der Waals surface area contributed by atoms with Gasteiger partial charge in [0.05, 0.1) is 17.7 Å². The zero-order valence-corrected chi connectivity index (χ0v) is 17.3. The van der Waals surface area contributed by atoms with Gasteiger partial charge in [-0.2, -0.15) is 8.78 Å². The van der Waals surface area contributed by atoms with Crippen molar-refractivity contribution < 1.29 is 31.5 Å². The van der Waals surface area contributed by atoms with E-state index in [1.165, 1.54) is 18.2 Å². The lowest BCUT2D eigenvalue weighted by molar-refractivity contribution is 0.101. The van der Waals surface area contributed by atoms with Gasteiger partial charge in [-0.3, -0.25) is 4.79 Å². The van der Waals surface area contributed by atoms with Gasteiger partial charge in [-0.25, -0.2) is 13.8 Å². The Bertz CT molecular complexity index is 1360. The van der Waals surface area contributed by atoms with E-state index < -0.39 is 40.5 Å². The van der Waals surface area contributed by atoms with Crippen LogP contribution in [0.3, 0.4) is 0 Å². The number of anilines is 1. The maximum atomic E-state index is 14.2. The number of carbonyl (C=O) groups is 1. The van der Waals surface area contributed by atoms with Crippen molar-refractivity contribution >= 4 is 34.3 Å². The summed E-state index contributed by atoms with van der Waals surface area (Å²) in [5.41, 5.74) is 0.801. The maximum absolute atomic E-state index is 14.2. The van der Waals surface area contributed by atoms with E-state index in [-0.39, 0.29) is 11.6 Å². The van der Waals surface area contributed by atoms with E-state index in [1.807, 2.05) is 13.0 Å². The Morgan fingerprint density at radius 1 is 1.03 bits per heavy atom. The second-order valence-corrected chi connectivity index (χ2v) is 7.21. The average Bonchev–Trinajstić information content (AvgIpc) is 3.16. The summed E-state index contributed by atoms with van der Waals surface area (Å²) in [6, 6.07) is 9.52. The Morgan fingerprint density at radius 2 is 1.72 bits per heavy atom. The second-order valence-electron chi connectivity index (χ2n) is 6.80. The van der Waals surface area contributed by atoms with E-state index in [1.54, 1.807) is 12.1 Å². The normalized spacial score (nSPS) is 11.1. The third-order valence-corrected chi connectivity index (χ3v) is 4.97. The van der Waals surface area contributed by atoms with Gasteiger partial charge in [-0.05, 0) is 42.8 Å². The number of rotatable bonds is 4. The summed E-state index contributed by atoms with van der Waals surface area (Å²) in [7, 11) is 0.839. The summed E-state index contributed by atoms with van der Waals surface area (Å²) in [5.74, 6) is -9.82. The summed E-state index contributed by atoms with van der Waals surface area (Å²) in [4.78, 5) is 16.7. The summed E-state index contributed by atoms with van der Waals surface area (Å²) in [6.45, 7) is 1.88. The van der Waals surface area contributed by atoms with Crippen LogP contribution in [-0.2, 0) is 0 Å². The van der Waals surface area contributed by atoms with Crippen LogP contribution in [0.1, 0.15) is 15.9 Å². The predicted octanol–water partition coefficient (Wildman–Crippen LogP) is 6.27. The van der Waals surface area contributed by atoms with Gasteiger partial charge in [-0.1, -0.05) is 17.7 Å². The second kappa shape index (κ2) is 8.16. The smallest absolute Gasteiger partial charge is 0.261 e. The third-order valence-electron chi connectivity index (χ3n) is 4.65. The van der Waals surface area contributed by atoms with Gasteiger partial charge in [0.2, 0.25) is 17.5 Å². The highest BCUT2D eigenvalue weighted by molar-refractivity contribution is 6.33. The molecule has 4 rings (SSSR count). The molecular weight excluding hydrogens is 452 g/mol. The molecule has 10 heteroatoms. The van der Waals surface area contributed by atoms with Crippen LogP contribution in [-0.4, -0.2) is 18.0 Å². The Hall–Kier alpha value is -3.59. The molecule has 0 saturated heterocycles. The monoisotopic (exact) mass is 464 g/mol. The van der Waals surface area contributed by atoms with Crippen molar-refractivity contribution in [2.75, 3.05) is 12.4 Å². The van der Waals surface area contributed by atoms with Crippen LogP contribution in [0.25, 0.3) is 22.6 Å². The fourth-order valence-electron chi connectivity index (χ4n) is 3.10. The number of aryl methyl sites for hydroxylation is 1. The summed E-state index contributed by atoms with van der Waals surface area (Å²) in [6.07, 6.45) is 0. The van der Waals surface area contributed by atoms with Crippen LogP contribution in [0, 0.1) is 30.2 Å². The highest BCUT2D eigenvalue weighted by Gasteiger charge is 2.30. The van der Waals surface area contributed by atoms with Gasteiger partial charge >= 0.3 is 0 Å². The van der Waals surface area contributed by atoms with Gasteiger partial charge in [0.15, 0.2) is 23.0 Å². The molecule has 1 N–H and O–H groups in total. The molecule has 1 amide bonds. The number of carbonyl (C=O) groups excluding carboxylic acids is 1. The Morgan fingerprint density at radius 3 is 2.34 bits per heavy atom. The van der Waals surface area contributed by atoms with Gasteiger partial charge in [0, 0.05) is 5.69 Å². The molecule has 0 aliphatic rings. The van der Waals surface area contributed by atoms with Crippen molar-refractivity contribution in [3.05, 3.63) is 75.8 Å². The highest BCUT2D eigenvalue weighted by atomic mass is 35.5. The van der Waals surface area contributed by atoms with E-state index in [4.69, 9.17) is 16.0 Å². The number of aromatic nitrogens is 1. The Balaban J connectivity index is 1.68. The lowest BCUT2D eigenvalue weighted by Gasteiger charge is -2.11. The number of hydrogen-bond donors (Lipinski definition) is 1. The van der Waals surface area contributed by atoms with Crippen molar-refractivity contribution in [1.29, 1.82) is 0 Å². The number of oxazole rings is 1. The van der Waals surface area contributed by atoms with Crippen LogP contribution in [0.15, 0.2) is 40.8 Å². The lowest BCUT2D eigenvalue weighted by atomic mass is 10.1. The number of fused-ring (bicyclic) bond motifs is 1.